The van der Waals surface area contributed by atoms with Gasteiger partial charge in [0, 0.05) is 24.7 Å². The maximum Gasteiger partial charge on any atom is 0.151 e. The largest absolute Gasteiger partial charge is 0.377 e. The highest BCUT2D eigenvalue weighted by molar-refractivity contribution is 5.99. The molecule has 0 bridgehead atoms. The van der Waals surface area contributed by atoms with Gasteiger partial charge in [-0.1, -0.05) is 6.08 Å². The van der Waals surface area contributed by atoms with Crippen LogP contribution in [0, 0.1) is 5.82 Å². The van der Waals surface area contributed by atoms with E-state index in [9.17, 15) is 0 Å². The van der Waals surface area contributed by atoms with Crippen LogP contribution in [0.2, 0.25) is 0 Å². The van der Waals surface area contributed by atoms with Crippen LogP contribution in [0.5, 0.6) is 0 Å². The Morgan fingerprint density at radius 3 is 2.89 bits per heavy atom. The van der Waals surface area contributed by atoms with Crippen molar-refractivity contribution in [3.8, 4) is 11.4 Å². The van der Waals surface area contributed by atoms with Crippen LogP contribution in [0.3, 0.4) is 0 Å². The number of rotatable bonds is 4. The number of hydrogen-bond acceptors (Lipinski definition) is 7. The van der Waals surface area contributed by atoms with Crippen molar-refractivity contribution in [1.29, 1.82) is 0 Å². The number of halogens is 1. The minimum atomic E-state index is -0.375. The van der Waals surface area contributed by atoms with Crippen molar-refractivity contribution in [2.45, 2.75) is 44.9 Å². The molecule has 0 N–H and O–H groups in total. The summed E-state index contributed by atoms with van der Waals surface area (Å²) in [7, 11) is 0. The summed E-state index contributed by atoms with van der Waals surface area (Å²) in [5, 5.41) is 5.05. The zero-order chi connectivity index (χ0) is 23.8. The van der Waals surface area contributed by atoms with Crippen molar-refractivity contribution in [1.82, 2.24) is 19.7 Å². The smallest absolute Gasteiger partial charge is 0.151 e. The molecule has 2 saturated heterocycles. The van der Waals surface area contributed by atoms with Gasteiger partial charge in [0.2, 0.25) is 0 Å². The van der Waals surface area contributed by atoms with E-state index in [-0.39, 0.29) is 18.1 Å². The average Bonchev–Trinajstić information content (AvgIpc) is 3.39. The summed E-state index contributed by atoms with van der Waals surface area (Å²) in [6, 6.07) is 4.10. The molecule has 6 heterocycles. The molecule has 2 fully saturated rings. The normalized spacial score (nSPS) is 23.5. The average molecular weight is 480 g/mol. The third-order valence-corrected chi connectivity index (χ3v) is 7.09. The number of pyridine rings is 2. The highest BCUT2D eigenvalue weighted by Gasteiger charge is 2.27. The third kappa shape index (κ3) is 4.22. The molecule has 1 unspecified atom stereocenters. The lowest BCUT2D eigenvalue weighted by Gasteiger charge is -2.35. The summed E-state index contributed by atoms with van der Waals surface area (Å²) >= 11 is 0. The number of aromatic nitrogens is 4. The van der Waals surface area contributed by atoms with Crippen LogP contribution in [-0.4, -0.2) is 65.4 Å². The molecule has 184 valence electrons. The lowest BCUT2D eigenvalue weighted by molar-refractivity contribution is -0.0383. The molecule has 0 aliphatic carbocycles. The topological polar surface area (TPSA) is 74.5 Å². The maximum atomic E-state index is 15.5. The van der Waals surface area contributed by atoms with Crippen molar-refractivity contribution < 1.29 is 18.6 Å². The standard InChI is InChI=1S/C26H30FN5O3/c1-17-16-34-13-9-31(17)22-14-19(18-6-11-33-12-7-18)24-20(27)15-28-25(26(24)30-22)21-5-8-29-32(21)23-4-2-3-10-35-23/h5-6,8,14-15,17,23H,2-4,7,9-13,16H2,1H3/t17-,23?/m1/s1. The number of fused-ring (bicyclic) bond motifs is 1. The van der Waals surface area contributed by atoms with Gasteiger partial charge >= 0.3 is 0 Å². The summed E-state index contributed by atoms with van der Waals surface area (Å²) in [4.78, 5) is 11.8. The van der Waals surface area contributed by atoms with Crippen LogP contribution < -0.4 is 4.90 Å². The maximum absolute atomic E-state index is 15.5. The second-order valence-corrected chi connectivity index (χ2v) is 9.36. The summed E-state index contributed by atoms with van der Waals surface area (Å²) in [6.07, 6.45) is 8.69. The number of anilines is 1. The highest BCUT2D eigenvalue weighted by atomic mass is 19.1. The molecule has 6 rings (SSSR count). The molecule has 35 heavy (non-hydrogen) atoms. The van der Waals surface area contributed by atoms with Gasteiger partial charge in [0.15, 0.2) is 12.0 Å². The first kappa shape index (κ1) is 22.6. The van der Waals surface area contributed by atoms with Gasteiger partial charge in [-0.05, 0) is 55.9 Å². The SMILES string of the molecule is C[C@@H]1COCCN1c1cc(C2=CCOCC2)c2c(F)cnc(-c3ccnn3C3CCCCO3)c2n1. The van der Waals surface area contributed by atoms with Gasteiger partial charge in [-0.15, -0.1) is 0 Å². The van der Waals surface area contributed by atoms with Gasteiger partial charge in [0.1, 0.15) is 17.0 Å². The number of hydrogen-bond donors (Lipinski definition) is 0. The van der Waals surface area contributed by atoms with Crippen LogP contribution >= 0.6 is 0 Å². The molecular formula is C26H30FN5O3. The second-order valence-electron chi connectivity index (χ2n) is 9.36. The summed E-state index contributed by atoms with van der Waals surface area (Å²) < 4.78 is 34.6. The van der Waals surface area contributed by atoms with E-state index >= 15 is 4.39 Å². The van der Waals surface area contributed by atoms with E-state index in [0.717, 1.165) is 54.9 Å². The first-order valence-corrected chi connectivity index (χ1v) is 12.5. The number of nitrogens with zero attached hydrogens (tertiary/aromatic N) is 5. The number of ether oxygens (including phenoxy) is 3. The van der Waals surface area contributed by atoms with Gasteiger partial charge in [-0.2, -0.15) is 5.10 Å². The quantitative estimate of drug-likeness (QED) is 0.550. The van der Waals surface area contributed by atoms with E-state index in [2.05, 4.69) is 21.9 Å². The molecular weight excluding hydrogens is 449 g/mol. The van der Waals surface area contributed by atoms with Crippen molar-refractivity contribution >= 4 is 22.3 Å². The molecule has 0 amide bonds. The summed E-state index contributed by atoms with van der Waals surface area (Å²) in [5.41, 5.74) is 3.87. The van der Waals surface area contributed by atoms with Crippen LogP contribution in [0.4, 0.5) is 10.2 Å². The van der Waals surface area contributed by atoms with Gasteiger partial charge in [-0.25, -0.2) is 19.0 Å². The van der Waals surface area contributed by atoms with Gasteiger partial charge in [0.05, 0.1) is 44.4 Å². The van der Waals surface area contributed by atoms with Crippen molar-refractivity contribution in [2.24, 2.45) is 0 Å². The fourth-order valence-corrected chi connectivity index (χ4v) is 5.27. The van der Waals surface area contributed by atoms with Crippen molar-refractivity contribution in [2.75, 3.05) is 44.5 Å². The fraction of sp³-hybridized carbons (Fsp3) is 0.500. The molecule has 3 aromatic rings. The van der Waals surface area contributed by atoms with E-state index in [1.807, 2.05) is 22.9 Å². The van der Waals surface area contributed by atoms with Crippen molar-refractivity contribution in [3.63, 3.8) is 0 Å². The van der Waals surface area contributed by atoms with E-state index in [1.165, 1.54) is 6.20 Å². The van der Waals surface area contributed by atoms with Crippen molar-refractivity contribution in [3.05, 3.63) is 42.0 Å². The molecule has 3 aliphatic heterocycles. The summed E-state index contributed by atoms with van der Waals surface area (Å²) in [6.45, 7) is 5.96. The van der Waals surface area contributed by atoms with Crippen LogP contribution in [0.1, 0.15) is 44.4 Å². The minimum Gasteiger partial charge on any atom is -0.377 e. The van der Waals surface area contributed by atoms with E-state index < -0.39 is 0 Å². The first-order valence-electron chi connectivity index (χ1n) is 12.5. The molecule has 0 radical (unpaired) electrons. The molecule has 3 aliphatic rings. The molecule has 9 heteroatoms. The fourth-order valence-electron chi connectivity index (χ4n) is 5.27. The lowest BCUT2D eigenvalue weighted by atomic mass is 9.96. The predicted molar refractivity (Wildman–Crippen MR) is 131 cm³/mol. The second kappa shape index (κ2) is 9.64. The van der Waals surface area contributed by atoms with Crippen LogP contribution in [0.25, 0.3) is 27.9 Å². The third-order valence-electron chi connectivity index (χ3n) is 7.09. The van der Waals surface area contributed by atoms with Crippen LogP contribution in [0.15, 0.2) is 30.6 Å². The Labute approximate surface area is 203 Å². The number of morpholine rings is 1. The minimum absolute atomic E-state index is 0.157. The zero-order valence-corrected chi connectivity index (χ0v) is 20.0. The molecule has 3 aromatic heterocycles. The van der Waals surface area contributed by atoms with Crippen LogP contribution in [-0.2, 0) is 14.2 Å². The lowest BCUT2D eigenvalue weighted by Crippen LogP contribution is -2.44. The van der Waals surface area contributed by atoms with E-state index in [1.54, 1.807) is 6.20 Å². The van der Waals surface area contributed by atoms with Gasteiger partial charge in [0.25, 0.3) is 0 Å². The summed E-state index contributed by atoms with van der Waals surface area (Å²) in [5.74, 6) is 0.435. The zero-order valence-electron chi connectivity index (χ0n) is 20.0. The van der Waals surface area contributed by atoms with Gasteiger partial charge < -0.3 is 19.1 Å². The van der Waals surface area contributed by atoms with E-state index in [4.69, 9.17) is 19.2 Å². The molecule has 0 spiro atoms. The monoisotopic (exact) mass is 479 g/mol. The molecule has 2 atom stereocenters. The predicted octanol–water partition coefficient (Wildman–Crippen LogP) is 4.36. The highest BCUT2D eigenvalue weighted by Crippen LogP contribution is 2.38. The Morgan fingerprint density at radius 1 is 1.14 bits per heavy atom. The molecule has 8 nitrogen and oxygen atoms in total. The Bertz CT molecular complexity index is 1250. The Hall–Kier alpha value is -2.88. The molecule has 0 aromatic carbocycles. The van der Waals surface area contributed by atoms with Gasteiger partial charge in [-0.3, -0.25) is 0 Å². The van der Waals surface area contributed by atoms with E-state index in [0.29, 0.717) is 49.6 Å². The Morgan fingerprint density at radius 2 is 2.09 bits per heavy atom. The Kier molecular flexibility index (Phi) is 6.22. The Balaban J connectivity index is 1.57. The molecule has 0 saturated carbocycles. The first-order chi connectivity index (χ1) is 17.2.